The summed E-state index contributed by atoms with van der Waals surface area (Å²) in [5, 5.41) is 11.9. The second-order valence-electron chi connectivity index (χ2n) is 7.19. The monoisotopic (exact) mass is 462 g/mol. The molecule has 0 bridgehead atoms. The first-order valence-electron chi connectivity index (χ1n) is 9.60. The average Bonchev–Trinajstić information content (AvgIpc) is 3.07. The zero-order chi connectivity index (χ0) is 19.7. The first-order valence-corrected chi connectivity index (χ1v) is 9.60. The number of hydrogen-bond donors (Lipinski definition) is 1. The number of halogens is 1. The van der Waals surface area contributed by atoms with Crippen LogP contribution in [0.4, 0.5) is 5.69 Å². The topological polar surface area (TPSA) is 54.2 Å². The van der Waals surface area contributed by atoms with Gasteiger partial charge in [0.15, 0.2) is 6.54 Å². The normalized spacial score (nSPS) is 20.8. The van der Waals surface area contributed by atoms with Crippen LogP contribution in [0.2, 0.25) is 0 Å². The van der Waals surface area contributed by atoms with Gasteiger partial charge in [0, 0.05) is 12.5 Å². The molecular weight excluding hydrogens is 436 g/mol. The van der Waals surface area contributed by atoms with Crippen molar-refractivity contribution in [3.8, 4) is 17.2 Å². The summed E-state index contributed by atoms with van der Waals surface area (Å²) in [7, 11) is 4.91. The molecule has 2 heterocycles. The number of β-amino-alcohol motifs (C(OH)–C–C–N with tert-alkyl or cyclic N) is 1. The number of rotatable bonds is 5. The van der Waals surface area contributed by atoms with Crippen molar-refractivity contribution in [1.29, 1.82) is 0 Å². The predicted octanol–water partition coefficient (Wildman–Crippen LogP) is -0.0234. The minimum absolute atomic E-state index is 0. The largest absolute Gasteiger partial charge is 1.00 e. The summed E-state index contributed by atoms with van der Waals surface area (Å²) in [5.41, 5.74) is 0.644. The van der Waals surface area contributed by atoms with Crippen LogP contribution in [0.5, 0.6) is 17.2 Å². The van der Waals surface area contributed by atoms with Crippen molar-refractivity contribution in [2.45, 2.75) is 25.0 Å². The molecule has 4 rings (SSSR count). The summed E-state index contributed by atoms with van der Waals surface area (Å²) in [6.45, 7) is 1.25. The van der Waals surface area contributed by atoms with Crippen LogP contribution in [0.15, 0.2) is 42.5 Å². The Bertz CT molecular complexity index is 900. The number of methoxy groups -OCH3 is 3. The van der Waals surface area contributed by atoms with E-state index in [2.05, 4.69) is 9.48 Å². The Hall–Kier alpha value is -2.25. The van der Waals surface area contributed by atoms with E-state index in [1.54, 1.807) is 21.3 Å². The molecule has 1 N–H and O–H groups in total. The van der Waals surface area contributed by atoms with E-state index in [4.69, 9.17) is 14.2 Å². The van der Waals surface area contributed by atoms with Crippen LogP contribution in [0.3, 0.4) is 0 Å². The molecule has 0 spiro atoms. The fraction of sp³-hybridized carbons (Fsp3) is 0.409. The van der Waals surface area contributed by atoms with Crippen molar-refractivity contribution in [3.63, 3.8) is 0 Å². The molecule has 1 unspecified atom stereocenters. The molecule has 0 fully saturated rings. The van der Waals surface area contributed by atoms with Crippen LogP contribution in [0, 0.1) is 0 Å². The van der Waals surface area contributed by atoms with Gasteiger partial charge in [0.05, 0.1) is 33.4 Å². The van der Waals surface area contributed by atoms with E-state index in [-0.39, 0.29) is 17.0 Å². The highest BCUT2D eigenvalue weighted by Gasteiger charge is 2.53. The molecule has 2 aliphatic rings. The zero-order valence-corrected chi connectivity index (χ0v) is 18.6. The number of anilines is 1. The lowest BCUT2D eigenvalue weighted by Crippen LogP contribution is -3.00. The third kappa shape index (κ3) is 3.69. The number of nitrogens with zero attached hydrogens (tertiary/aromatic N) is 2. The van der Waals surface area contributed by atoms with Gasteiger partial charge in [0.25, 0.3) is 11.6 Å². The van der Waals surface area contributed by atoms with Crippen molar-refractivity contribution < 1.29 is 40.9 Å². The second kappa shape index (κ2) is 8.63. The zero-order valence-electron chi connectivity index (χ0n) is 17.0. The number of ether oxygens (including phenoxy) is 3. The van der Waals surface area contributed by atoms with E-state index in [0.717, 1.165) is 48.6 Å². The highest BCUT2D eigenvalue weighted by Crippen LogP contribution is 2.40. The third-order valence-electron chi connectivity index (χ3n) is 5.70. The van der Waals surface area contributed by atoms with E-state index in [0.29, 0.717) is 18.0 Å². The van der Waals surface area contributed by atoms with E-state index in [1.807, 2.05) is 42.5 Å². The Morgan fingerprint density at radius 2 is 1.62 bits per heavy atom. The lowest BCUT2D eigenvalue weighted by molar-refractivity contribution is -0.661. The van der Waals surface area contributed by atoms with Gasteiger partial charge in [-0.3, -0.25) is 0 Å². The van der Waals surface area contributed by atoms with E-state index in [9.17, 15) is 5.11 Å². The van der Waals surface area contributed by atoms with Crippen LogP contribution in [0.25, 0.3) is 0 Å². The maximum Gasteiger partial charge on any atom is 0.274 e. The fourth-order valence-electron chi connectivity index (χ4n) is 4.26. The summed E-state index contributed by atoms with van der Waals surface area (Å²) in [4.78, 5) is 2.21. The minimum Gasteiger partial charge on any atom is -1.00 e. The molecule has 2 aromatic carbocycles. The summed E-state index contributed by atoms with van der Waals surface area (Å²) in [6.07, 6.45) is 3.11. The van der Waals surface area contributed by atoms with Crippen molar-refractivity contribution in [3.05, 3.63) is 48.0 Å². The quantitative estimate of drug-likeness (QED) is 0.632. The van der Waals surface area contributed by atoms with Crippen LogP contribution >= 0.6 is 0 Å². The average molecular weight is 463 g/mol. The molecule has 0 radical (unpaired) electrons. The lowest BCUT2D eigenvalue weighted by Gasteiger charge is -2.26. The van der Waals surface area contributed by atoms with Crippen LogP contribution < -0.4 is 36.1 Å². The molecule has 0 saturated heterocycles. The Morgan fingerprint density at radius 3 is 2.28 bits per heavy atom. The van der Waals surface area contributed by atoms with Gasteiger partial charge in [-0.25, -0.2) is 9.48 Å². The van der Waals surface area contributed by atoms with Crippen LogP contribution in [-0.4, -0.2) is 49.9 Å². The summed E-state index contributed by atoms with van der Waals surface area (Å²) >= 11 is 0. The highest BCUT2D eigenvalue weighted by molar-refractivity contribution is 5.96. The fourth-order valence-corrected chi connectivity index (χ4v) is 4.26. The smallest absolute Gasteiger partial charge is 0.274 e. The standard InChI is InChI=1S/C22H27N2O4.BrH/c1-26-17-9-7-16(8-10-17)23-15-22(25,24-13-5-4-6-21(23)24)19-12-11-18(27-2)14-20(19)28-3;/h7-12,14,25H,4-6,13,15H2,1-3H3;1H/q+1;/p-1. The van der Waals surface area contributed by atoms with E-state index >= 15 is 0 Å². The summed E-state index contributed by atoms with van der Waals surface area (Å²) < 4.78 is 18.3. The molecule has 156 valence electrons. The predicted molar refractivity (Wildman–Crippen MR) is 108 cm³/mol. The number of amidine groups is 1. The SMILES string of the molecule is COc1ccc(N2CC(O)(c3ccc(OC)cc3OC)[N+]3=C2CCCC3)cc1.[Br-]. The van der Waals surface area contributed by atoms with Gasteiger partial charge >= 0.3 is 0 Å². The first kappa shape index (κ1) is 21.5. The molecule has 0 saturated carbocycles. The van der Waals surface area contributed by atoms with Gasteiger partial charge in [-0.2, -0.15) is 0 Å². The minimum atomic E-state index is -1.16. The Labute approximate surface area is 182 Å². The highest BCUT2D eigenvalue weighted by atomic mass is 79.9. The van der Waals surface area contributed by atoms with Gasteiger partial charge in [-0.1, -0.05) is 0 Å². The molecule has 0 amide bonds. The maximum absolute atomic E-state index is 11.9. The molecule has 1 atom stereocenters. The number of aliphatic hydroxyl groups is 1. The molecule has 29 heavy (non-hydrogen) atoms. The summed E-state index contributed by atoms with van der Waals surface area (Å²) in [5.74, 6) is 3.30. The van der Waals surface area contributed by atoms with Crippen molar-refractivity contribution >= 4 is 11.5 Å². The van der Waals surface area contributed by atoms with Crippen LogP contribution in [0.1, 0.15) is 24.8 Å². The van der Waals surface area contributed by atoms with Crippen molar-refractivity contribution in [1.82, 2.24) is 0 Å². The Morgan fingerprint density at radius 1 is 0.931 bits per heavy atom. The molecular formula is C22H27BrN2O4. The van der Waals surface area contributed by atoms with Gasteiger partial charge in [-0.05, 0) is 49.2 Å². The van der Waals surface area contributed by atoms with E-state index < -0.39 is 5.72 Å². The number of hydrogen-bond acceptors (Lipinski definition) is 5. The Kier molecular flexibility index (Phi) is 6.39. The second-order valence-corrected chi connectivity index (χ2v) is 7.19. The van der Waals surface area contributed by atoms with Crippen LogP contribution in [-0.2, 0) is 5.72 Å². The molecule has 7 heteroatoms. The molecule has 2 aromatic rings. The van der Waals surface area contributed by atoms with Gasteiger partial charge in [0.2, 0.25) is 0 Å². The summed E-state index contributed by atoms with van der Waals surface area (Å²) in [6, 6.07) is 13.6. The molecule has 0 aliphatic carbocycles. The molecule has 2 aliphatic heterocycles. The molecule has 6 nitrogen and oxygen atoms in total. The number of benzene rings is 2. The maximum atomic E-state index is 11.9. The Balaban J connectivity index is 0.00000240. The van der Waals surface area contributed by atoms with E-state index in [1.165, 1.54) is 0 Å². The van der Waals surface area contributed by atoms with Gasteiger partial charge < -0.3 is 36.3 Å². The third-order valence-corrected chi connectivity index (χ3v) is 5.70. The van der Waals surface area contributed by atoms with Crippen molar-refractivity contribution in [2.24, 2.45) is 0 Å². The lowest BCUT2D eigenvalue weighted by atomic mass is 10.00. The first-order chi connectivity index (χ1) is 13.6. The molecule has 0 aromatic heterocycles. The van der Waals surface area contributed by atoms with Gasteiger partial charge in [-0.15, -0.1) is 0 Å². The van der Waals surface area contributed by atoms with Crippen molar-refractivity contribution in [2.75, 3.05) is 39.3 Å². The van der Waals surface area contributed by atoms with Gasteiger partial charge in [0.1, 0.15) is 22.9 Å².